The number of nitrogens with zero attached hydrogens (tertiary/aromatic N) is 1. The maximum atomic E-state index is 5.65. The highest BCUT2D eigenvalue weighted by Gasteiger charge is 2.17. The highest BCUT2D eigenvalue weighted by atomic mass is 79.9. The first-order chi connectivity index (χ1) is 10.2. The van der Waals surface area contributed by atoms with Crippen molar-refractivity contribution in [1.82, 2.24) is 10.3 Å². The van der Waals surface area contributed by atoms with Crippen molar-refractivity contribution in [2.24, 2.45) is 0 Å². The van der Waals surface area contributed by atoms with E-state index in [0.717, 1.165) is 33.8 Å². The SMILES string of the molecule is C[C@H](NCc1ccccn1)c1cc2c(cc1Br)OCCO2. The molecular formula is C16H17BrN2O2. The average Bonchev–Trinajstić information content (AvgIpc) is 2.53. The van der Waals surface area contributed by atoms with Gasteiger partial charge in [-0.05, 0) is 36.8 Å². The van der Waals surface area contributed by atoms with Crippen LogP contribution < -0.4 is 14.8 Å². The second-order valence-corrected chi connectivity index (χ2v) is 5.80. The fourth-order valence-corrected chi connectivity index (χ4v) is 2.95. The van der Waals surface area contributed by atoms with Gasteiger partial charge in [-0.1, -0.05) is 22.0 Å². The van der Waals surface area contributed by atoms with E-state index in [-0.39, 0.29) is 6.04 Å². The van der Waals surface area contributed by atoms with Gasteiger partial charge in [0.1, 0.15) is 13.2 Å². The number of ether oxygens (including phenoxy) is 2. The Hall–Kier alpha value is -1.59. The Morgan fingerprint density at radius 1 is 1.24 bits per heavy atom. The number of hydrogen-bond donors (Lipinski definition) is 1. The number of fused-ring (bicyclic) bond motifs is 1. The second kappa shape index (κ2) is 6.45. The van der Waals surface area contributed by atoms with E-state index in [4.69, 9.17) is 9.47 Å². The topological polar surface area (TPSA) is 43.4 Å². The predicted molar refractivity (Wildman–Crippen MR) is 84.6 cm³/mol. The van der Waals surface area contributed by atoms with Crippen molar-refractivity contribution in [2.45, 2.75) is 19.5 Å². The van der Waals surface area contributed by atoms with Crippen molar-refractivity contribution in [3.8, 4) is 11.5 Å². The number of nitrogens with one attached hydrogen (secondary N) is 1. The molecule has 0 radical (unpaired) electrons. The van der Waals surface area contributed by atoms with Crippen LogP contribution in [0.2, 0.25) is 0 Å². The van der Waals surface area contributed by atoms with E-state index >= 15 is 0 Å². The summed E-state index contributed by atoms with van der Waals surface area (Å²) in [6.07, 6.45) is 1.81. The van der Waals surface area contributed by atoms with Crippen LogP contribution >= 0.6 is 15.9 Å². The largest absolute Gasteiger partial charge is 0.486 e. The standard InChI is InChI=1S/C16H17BrN2O2/c1-11(19-10-12-4-2-3-5-18-12)13-8-15-16(9-14(13)17)21-7-6-20-15/h2-5,8-9,11,19H,6-7,10H2,1H3/t11-/m0/s1. The van der Waals surface area contributed by atoms with E-state index in [1.807, 2.05) is 36.5 Å². The van der Waals surface area contributed by atoms with Gasteiger partial charge in [-0.3, -0.25) is 4.98 Å². The summed E-state index contributed by atoms with van der Waals surface area (Å²) in [4.78, 5) is 4.32. The first-order valence-electron chi connectivity index (χ1n) is 6.96. The quantitative estimate of drug-likeness (QED) is 0.918. The molecule has 1 aliphatic rings. The fourth-order valence-electron chi connectivity index (χ4n) is 2.28. The average molecular weight is 349 g/mol. The summed E-state index contributed by atoms with van der Waals surface area (Å²) < 4.78 is 12.3. The van der Waals surface area contributed by atoms with Crippen LogP contribution in [0, 0.1) is 0 Å². The lowest BCUT2D eigenvalue weighted by Gasteiger charge is -2.22. The van der Waals surface area contributed by atoms with Gasteiger partial charge in [-0.25, -0.2) is 0 Å². The maximum Gasteiger partial charge on any atom is 0.162 e. The van der Waals surface area contributed by atoms with Crippen LogP contribution in [0.3, 0.4) is 0 Å². The van der Waals surface area contributed by atoms with Crippen LogP contribution in [0.15, 0.2) is 41.0 Å². The maximum absolute atomic E-state index is 5.65. The van der Waals surface area contributed by atoms with Crippen molar-refractivity contribution in [1.29, 1.82) is 0 Å². The van der Waals surface area contributed by atoms with Crippen molar-refractivity contribution >= 4 is 15.9 Å². The molecule has 5 heteroatoms. The Bertz CT molecular complexity index is 619. The van der Waals surface area contributed by atoms with Crippen LogP contribution in [0.1, 0.15) is 24.2 Å². The molecule has 2 aromatic rings. The zero-order chi connectivity index (χ0) is 14.7. The molecule has 0 saturated heterocycles. The number of halogens is 1. The molecule has 4 nitrogen and oxygen atoms in total. The molecule has 2 heterocycles. The molecule has 0 saturated carbocycles. The first-order valence-corrected chi connectivity index (χ1v) is 7.75. The third-order valence-corrected chi connectivity index (χ3v) is 4.13. The van der Waals surface area contributed by atoms with Crippen LogP contribution in [-0.2, 0) is 6.54 Å². The van der Waals surface area contributed by atoms with Crippen LogP contribution in [0.5, 0.6) is 11.5 Å². The third-order valence-electron chi connectivity index (χ3n) is 3.44. The number of pyridine rings is 1. The Labute approximate surface area is 132 Å². The van der Waals surface area contributed by atoms with Gasteiger partial charge in [-0.2, -0.15) is 0 Å². The molecule has 1 aliphatic heterocycles. The van der Waals surface area contributed by atoms with Gasteiger partial charge in [-0.15, -0.1) is 0 Å². The summed E-state index contributed by atoms with van der Waals surface area (Å²) in [6.45, 7) is 4.05. The second-order valence-electron chi connectivity index (χ2n) is 4.94. The summed E-state index contributed by atoms with van der Waals surface area (Å²) in [5, 5.41) is 3.47. The van der Waals surface area contributed by atoms with Gasteiger partial charge in [0.15, 0.2) is 11.5 Å². The van der Waals surface area contributed by atoms with Crippen LogP contribution in [-0.4, -0.2) is 18.2 Å². The smallest absolute Gasteiger partial charge is 0.162 e. The number of aromatic nitrogens is 1. The highest BCUT2D eigenvalue weighted by molar-refractivity contribution is 9.10. The van der Waals surface area contributed by atoms with Crippen molar-refractivity contribution < 1.29 is 9.47 Å². The Kier molecular flexibility index (Phi) is 4.41. The minimum atomic E-state index is 0.178. The van der Waals surface area contributed by atoms with E-state index in [9.17, 15) is 0 Å². The number of hydrogen-bond acceptors (Lipinski definition) is 4. The summed E-state index contributed by atoms with van der Waals surface area (Å²) in [7, 11) is 0. The fraction of sp³-hybridized carbons (Fsp3) is 0.312. The lowest BCUT2D eigenvalue weighted by Crippen LogP contribution is -2.20. The van der Waals surface area contributed by atoms with E-state index in [0.29, 0.717) is 13.2 Å². The van der Waals surface area contributed by atoms with Gasteiger partial charge in [0.2, 0.25) is 0 Å². The molecule has 110 valence electrons. The summed E-state index contributed by atoms with van der Waals surface area (Å²) in [6, 6.07) is 10.1. The lowest BCUT2D eigenvalue weighted by molar-refractivity contribution is 0.171. The lowest BCUT2D eigenvalue weighted by atomic mass is 10.1. The molecule has 0 aliphatic carbocycles. The van der Waals surface area contributed by atoms with Crippen molar-refractivity contribution in [2.75, 3.05) is 13.2 Å². The summed E-state index contributed by atoms with van der Waals surface area (Å²) in [5.41, 5.74) is 2.17. The van der Waals surface area contributed by atoms with Gasteiger partial charge in [0, 0.05) is 23.3 Å². The zero-order valence-corrected chi connectivity index (χ0v) is 13.4. The van der Waals surface area contributed by atoms with Crippen molar-refractivity contribution in [3.05, 3.63) is 52.3 Å². The molecule has 0 amide bonds. The first kappa shape index (κ1) is 14.4. The summed E-state index contributed by atoms with van der Waals surface area (Å²) in [5.74, 6) is 1.61. The number of benzene rings is 1. The predicted octanol–water partition coefficient (Wildman–Crippen LogP) is 3.47. The molecule has 0 spiro atoms. The van der Waals surface area contributed by atoms with Crippen LogP contribution in [0.25, 0.3) is 0 Å². The molecule has 1 N–H and O–H groups in total. The molecule has 0 bridgehead atoms. The molecule has 0 unspecified atom stereocenters. The number of rotatable bonds is 4. The molecule has 1 aromatic heterocycles. The minimum Gasteiger partial charge on any atom is -0.486 e. The van der Waals surface area contributed by atoms with Gasteiger partial charge in [0.25, 0.3) is 0 Å². The van der Waals surface area contributed by atoms with E-state index in [1.165, 1.54) is 0 Å². The van der Waals surface area contributed by atoms with Crippen LogP contribution in [0.4, 0.5) is 0 Å². The van der Waals surface area contributed by atoms with E-state index in [1.54, 1.807) is 0 Å². The van der Waals surface area contributed by atoms with Gasteiger partial charge < -0.3 is 14.8 Å². The minimum absolute atomic E-state index is 0.178. The van der Waals surface area contributed by atoms with Gasteiger partial charge in [0.05, 0.1) is 5.69 Å². The van der Waals surface area contributed by atoms with Crippen molar-refractivity contribution in [3.63, 3.8) is 0 Å². The third kappa shape index (κ3) is 3.36. The molecule has 21 heavy (non-hydrogen) atoms. The molecular weight excluding hydrogens is 332 g/mol. The monoisotopic (exact) mass is 348 g/mol. The zero-order valence-electron chi connectivity index (χ0n) is 11.8. The Morgan fingerprint density at radius 2 is 2.00 bits per heavy atom. The molecule has 1 aromatic carbocycles. The van der Waals surface area contributed by atoms with E-state index in [2.05, 4.69) is 33.2 Å². The normalized spacial score (nSPS) is 14.8. The summed E-state index contributed by atoms with van der Waals surface area (Å²) >= 11 is 3.61. The Morgan fingerprint density at radius 3 is 2.71 bits per heavy atom. The van der Waals surface area contributed by atoms with Gasteiger partial charge >= 0.3 is 0 Å². The van der Waals surface area contributed by atoms with E-state index < -0.39 is 0 Å². The Balaban J connectivity index is 1.73. The molecule has 0 fully saturated rings. The molecule has 3 rings (SSSR count). The molecule has 1 atom stereocenters. The highest BCUT2D eigenvalue weighted by Crippen LogP contribution is 2.37.